The van der Waals surface area contributed by atoms with Crippen LogP contribution < -0.4 is 0 Å². The SMILES string of the molecule is CC1=CC(OC(=O)c2cncc(C(=O)OC3C=C(C)CC(COC(C)c4ncc[nH]4)=C3[N+](=O)[O-])c2)C([N+](=O)[O-])=C(COC(C)c2ncc[nH]2)C1. The number of hydrogen-bond donors (Lipinski definition) is 2. The summed E-state index contributed by atoms with van der Waals surface area (Å²) in [5.74, 6) is -0.876. The van der Waals surface area contributed by atoms with E-state index in [0.29, 0.717) is 22.8 Å². The molecular weight excluding hydrogens is 654 g/mol. The van der Waals surface area contributed by atoms with Crippen LogP contribution in [-0.2, 0) is 18.9 Å². The summed E-state index contributed by atoms with van der Waals surface area (Å²) in [5.41, 5.74) is 1.04. The van der Waals surface area contributed by atoms with E-state index >= 15 is 0 Å². The Morgan fingerprint density at radius 3 is 1.58 bits per heavy atom. The molecule has 0 aromatic carbocycles. The lowest BCUT2D eigenvalue weighted by atomic mass is 9.95. The number of imidazole rings is 2. The summed E-state index contributed by atoms with van der Waals surface area (Å²) < 4.78 is 22.8. The molecule has 50 heavy (non-hydrogen) atoms. The van der Waals surface area contributed by atoms with Gasteiger partial charge in [-0.1, -0.05) is 11.1 Å². The molecule has 0 saturated heterocycles. The molecule has 0 radical (unpaired) electrons. The van der Waals surface area contributed by atoms with Crippen molar-refractivity contribution in [3.05, 3.63) is 132 Å². The summed E-state index contributed by atoms with van der Waals surface area (Å²) >= 11 is 0. The third kappa shape index (κ3) is 8.42. The molecular formula is C33H35N7O10. The van der Waals surface area contributed by atoms with Gasteiger partial charge in [0.1, 0.15) is 23.9 Å². The quantitative estimate of drug-likeness (QED) is 0.0995. The fourth-order valence-electron chi connectivity index (χ4n) is 5.58. The van der Waals surface area contributed by atoms with Crippen molar-refractivity contribution in [2.45, 2.75) is 65.0 Å². The van der Waals surface area contributed by atoms with Crippen LogP contribution >= 0.6 is 0 Å². The van der Waals surface area contributed by atoms with E-state index in [-0.39, 0.29) is 48.6 Å². The molecule has 17 heteroatoms. The monoisotopic (exact) mass is 689 g/mol. The van der Waals surface area contributed by atoms with Crippen LogP contribution in [0.5, 0.6) is 0 Å². The van der Waals surface area contributed by atoms with Crippen LogP contribution in [0.3, 0.4) is 0 Å². The van der Waals surface area contributed by atoms with Crippen molar-refractivity contribution < 1.29 is 38.4 Å². The molecule has 5 rings (SSSR count). The van der Waals surface area contributed by atoms with E-state index in [1.54, 1.807) is 52.5 Å². The Balaban J connectivity index is 1.29. The lowest BCUT2D eigenvalue weighted by molar-refractivity contribution is -0.435. The van der Waals surface area contributed by atoms with Gasteiger partial charge in [0.05, 0.1) is 34.2 Å². The molecule has 17 nitrogen and oxygen atoms in total. The van der Waals surface area contributed by atoms with Crippen LogP contribution in [0.15, 0.2) is 89.1 Å². The fourth-order valence-corrected chi connectivity index (χ4v) is 5.58. The molecule has 0 amide bonds. The van der Waals surface area contributed by atoms with Gasteiger partial charge in [-0.25, -0.2) is 19.6 Å². The minimum atomic E-state index is -1.35. The number of H-pyrrole nitrogens is 2. The van der Waals surface area contributed by atoms with E-state index in [0.717, 1.165) is 29.6 Å². The number of allylic oxidation sites excluding steroid dienone is 2. The normalized spacial score (nSPS) is 19.0. The third-order valence-electron chi connectivity index (χ3n) is 8.01. The molecule has 4 atom stereocenters. The first-order chi connectivity index (χ1) is 23.9. The highest BCUT2D eigenvalue weighted by atomic mass is 16.6. The summed E-state index contributed by atoms with van der Waals surface area (Å²) in [6.45, 7) is 6.78. The van der Waals surface area contributed by atoms with Crippen molar-refractivity contribution in [2.24, 2.45) is 0 Å². The number of nitro groups is 2. The van der Waals surface area contributed by atoms with E-state index in [1.807, 2.05) is 0 Å². The Bertz CT molecular complexity index is 1750. The molecule has 262 valence electrons. The van der Waals surface area contributed by atoms with Gasteiger partial charge in [0.15, 0.2) is 0 Å². The molecule has 0 bridgehead atoms. The number of hydrogen-bond acceptors (Lipinski definition) is 13. The second-order valence-corrected chi connectivity index (χ2v) is 11.8. The third-order valence-corrected chi connectivity index (χ3v) is 8.01. The molecule has 3 aromatic rings. The van der Waals surface area contributed by atoms with E-state index in [2.05, 4.69) is 24.9 Å². The predicted molar refractivity (Wildman–Crippen MR) is 173 cm³/mol. The number of carbonyl (C=O) groups is 2. The van der Waals surface area contributed by atoms with Crippen LogP contribution in [0.2, 0.25) is 0 Å². The summed E-state index contributed by atoms with van der Waals surface area (Å²) in [5, 5.41) is 24.3. The van der Waals surface area contributed by atoms with Gasteiger partial charge in [0.25, 0.3) is 11.4 Å². The predicted octanol–water partition coefficient (Wildman–Crippen LogP) is 4.90. The fraction of sp³-hybridized carbons (Fsp3) is 0.364. The van der Waals surface area contributed by atoms with Crippen molar-refractivity contribution >= 4 is 11.9 Å². The number of rotatable bonds is 14. The van der Waals surface area contributed by atoms with Gasteiger partial charge in [-0.2, -0.15) is 0 Å². The number of nitrogens with one attached hydrogen (secondary N) is 2. The van der Waals surface area contributed by atoms with Gasteiger partial charge in [-0.3, -0.25) is 25.2 Å². The molecule has 0 fully saturated rings. The highest BCUT2D eigenvalue weighted by Gasteiger charge is 2.37. The number of nitrogens with zero attached hydrogens (tertiary/aromatic N) is 5. The van der Waals surface area contributed by atoms with E-state index in [4.69, 9.17) is 18.9 Å². The summed E-state index contributed by atoms with van der Waals surface area (Å²) in [6, 6.07) is 1.14. The molecule has 0 saturated carbocycles. The lowest BCUT2D eigenvalue weighted by Crippen LogP contribution is -2.29. The van der Waals surface area contributed by atoms with Crippen LogP contribution in [0.4, 0.5) is 0 Å². The van der Waals surface area contributed by atoms with Crippen molar-refractivity contribution in [1.29, 1.82) is 0 Å². The number of pyridine rings is 1. The first-order valence-electron chi connectivity index (χ1n) is 15.6. The van der Waals surface area contributed by atoms with Gasteiger partial charge in [-0.15, -0.1) is 0 Å². The standard InChI is InChI=1S/C33H35N7O10/c1-18-9-24(16-47-20(3)30-35-5-6-36-30)28(39(43)44)26(11-18)49-32(41)22-13-23(15-34-14-22)33(42)50-27-12-19(2)10-25(29(27)40(45)46)17-48-21(4)31-37-7-8-38-31/h5-8,11-15,20-21,26-27H,9-10,16-17H2,1-4H3,(H,35,36)(H,37,38). The zero-order valence-corrected chi connectivity index (χ0v) is 27.7. The number of ether oxygens (including phenoxy) is 4. The first kappa shape index (κ1) is 35.5. The highest BCUT2D eigenvalue weighted by Crippen LogP contribution is 2.31. The summed E-state index contributed by atoms with van der Waals surface area (Å²) in [7, 11) is 0. The van der Waals surface area contributed by atoms with Gasteiger partial charge < -0.3 is 28.9 Å². The second-order valence-electron chi connectivity index (χ2n) is 11.8. The minimum Gasteiger partial charge on any atom is -0.443 e. The maximum absolute atomic E-state index is 13.3. The molecule has 2 N–H and O–H groups in total. The van der Waals surface area contributed by atoms with E-state index in [1.165, 1.54) is 12.2 Å². The lowest BCUT2D eigenvalue weighted by Gasteiger charge is -2.22. The van der Waals surface area contributed by atoms with Crippen LogP contribution in [0, 0.1) is 20.2 Å². The zero-order chi connectivity index (χ0) is 35.9. The summed E-state index contributed by atoms with van der Waals surface area (Å²) in [6.07, 6.45) is 8.44. The van der Waals surface area contributed by atoms with Crippen molar-refractivity contribution in [1.82, 2.24) is 24.9 Å². The average Bonchev–Trinajstić information content (AvgIpc) is 3.81. The Morgan fingerprint density at radius 1 is 0.800 bits per heavy atom. The van der Waals surface area contributed by atoms with Crippen LogP contribution in [-0.4, -0.2) is 72.1 Å². The van der Waals surface area contributed by atoms with E-state index < -0.39 is 46.2 Å². The Labute approximate surface area is 285 Å². The molecule has 2 aliphatic carbocycles. The average molecular weight is 690 g/mol. The van der Waals surface area contributed by atoms with Crippen molar-refractivity contribution in [3.63, 3.8) is 0 Å². The van der Waals surface area contributed by atoms with Crippen LogP contribution in [0.1, 0.15) is 85.1 Å². The largest absolute Gasteiger partial charge is 0.443 e. The van der Waals surface area contributed by atoms with E-state index in [9.17, 15) is 29.8 Å². The smallest absolute Gasteiger partial charge is 0.340 e. The maximum atomic E-state index is 13.3. The topological polar surface area (TPSA) is 228 Å². The van der Waals surface area contributed by atoms with Crippen molar-refractivity contribution in [2.75, 3.05) is 13.2 Å². The van der Waals surface area contributed by atoms with Gasteiger partial charge in [0.2, 0.25) is 12.2 Å². The molecule has 4 unspecified atom stereocenters. The number of aromatic nitrogens is 5. The molecule has 2 aliphatic rings. The molecule has 3 aromatic heterocycles. The van der Waals surface area contributed by atoms with Crippen LogP contribution in [0.25, 0.3) is 0 Å². The first-order valence-corrected chi connectivity index (χ1v) is 15.6. The maximum Gasteiger partial charge on any atom is 0.340 e. The highest BCUT2D eigenvalue weighted by molar-refractivity contribution is 5.95. The minimum absolute atomic E-state index is 0.104. The van der Waals surface area contributed by atoms with Crippen molar-refractivity contribution in [3.8, 4) is 0 Å². The summed E-state index contributed by atoms with van der Waals surface area (Å²) in [4.78, 5) is 67.7. The zero-order valence-electron chi connectivity index (χ0n) is 27.7. The molecule has 0 spiro atoms. The Kier molecular flexibility index (Phi) is 11.1. The number of esters is 2. The second kappa shape index (κ2) is 15.6. The molecule has 3 heterocycles. The number of aromatic amines is 2. The van der Waals surface area contributed by atoms with Gasteiger partial charge in [0, 0.05) is 48.3 Å². The van der Waals surface area contributed by atoms with Gasteiger partial charge >= 0.3 is 11.9 Å². The Hall–Kier alpha value is -5.81. The molecule has 0 aliphatic heterocycles. The number of carbonyl (C=O) groups excluding carboxylic acids is 2. The Morgan fingerprint density at radius 2 is 1.22 bits per heavy atom. The van der Waals surface area contributed by atoms with Gasteiger partial charge in [-0.05, 0) is 58.8 Å².